The van der Waals surface area contributed by atoms with Gasteiger partial charge in [0, 0.05) is 12.2 Å². The Morgan fingerprint density at radius 1 is 1.47 bits per heavy atom. The molecule has 0 saturated heterocycles. The first-order valence-electron chi connectivity index (χ1n) is 5.20. The lowest BCUT2D eigenvalue weighted by atomic mass is 9.91. The molecule has 0 N–H and O–H groups in total. The molecule has 0 aliphatic carbocycles. The van der Waals surface area contributed by atoms with Gasteiger partial charge in [-0.05, 0) is 17.9 Å². The van der Waals surface area contributed by atoms with Crippen molar-refractivity contribution < 1.29 is 4.79 Å². The molecule has 0 radical (unpaired) electrons. The smallest absolute Gasteiger partial charge is 0.265 e. The van der Waals surface area contributed by atoms with E-state index in [1.165, 1.54) is 10.00 Å². The largest absolute Gasteiger partial charge is 0.346 e. The molecule has 0 unspecified atom stereocenters. The van der Waals surface area contributed by atoms with E-state index in [4.69, 9.17) is 0 Å². The molecule has 0 spiro atoms. The molecular weight excluding hydrogens is 208 g/mol. The Labute approximate surface area is 94.6 Å². The third-order valence-corrected chi connectivity index (χ3v) is 3.63. The maximum absolute atomic E-state index is 11.7. The molecule has 3 nitrogen and oxygen atoms in total. The molecule has 2 aliphatic heterocycles. The number of amides is 1. The average Bonchev–Trinajstić information content (AvgIpc) is 2.66. The molecule has 80 valence electrons. The van der Waals surface area contributed by atoms with Crippen molar-refractivity contribution in [3.05, 3.63) is 23.0 Å². The minimum Gasteiger partial charge on any atom is -0.346 e. The van der Waals surface area contributed by atoms with Gasteiger partial charge in [0.15, 0.2) is 0 Å². The number of nitrogens with zero attached hydrogens (tertiary/aromatic N) is 2. The molecule has 0 bridgehead atoms. The Hall–Kier alpha value is -0.900. The highest BCUT2D eigenvalue weighted by Crippen LogP contribution is 2.38. The summed E-state index contributed by atoms with van der Waals surface area (Å²) in [5, 5.41) is 0. The van der Waals surface area contributed by atoms with Crippen LogP contribution in [-0.2, 0) is 19.5 Å². The van der Waals surface area contributed by atoms with Gasteiger partial charge in [0.2, 0.25) is 0 Å². The molecule has 0 aromatic carbocycles. The summed E-state index contributed by atoms with van der Waals surface area (Å²) in [5.74, 6) is 0.0491. The fraction of sp³-hybridized carbons (Fsp3) is 0.545. The van der Waals surface area contributed by atoms with Gasteiger partial charge >= 0.3 is 0 Å². The zero-order valence-electron chi connectivity index (χ0n) is 8.95. The van der Waals surface area contributed by atoms with Gasteiger partial charge in [-0.3, -0.25) is 9.10 Å². The van der Waals surface area contributed by atoms with Gasteiger partial charge in [-0.1, -0.05) is 26.7 Å². The number of carbonyl (C=O) groups excluding carboxylic acids is 1. The van der Waals surface area contributed by atoms with Crippen molar-refractivity contribution in [3.63, 3.8) is 0 Å². The van der Waals surface area contributed by atoms with E-state index in [0.717, 1.165) is 24.2 Å². The molecule has 1 aromatic heterocycles. The highest BCUT2D eigenvalue weighted by atomic mass is 32.1. The van der Waals surface area contributed by atoms with Crippen molar-refractivity contribution in [2.45, 2.75) is 33.4 Å². The SMILES string of the molecule is CC1(C)Cc2cc3c(n2C1)CN(S)C3=O. The maximum Gasteiger partial charge on any atom is 0.265 e. The second-order valence-corrected chi connectivity index (χ2v) is 5.77. The molecule has 1 amide bonds. The van der Waals surface area contributed by atoms with Crippen LogP contribution in [0.15, 0.2) is 6.07 Å². The number of hydrogen-bond acceptors (Lipinski definition) is 2. The Morgan fingerprint density at radius 2 is 2.20 bits per heavy atom. The topological polar surface area (TPSA) is 25.2 Å². The van der Waals surface area contributed by atoms with Crippen LogP contribution in [-0.4, -0.2) is 14.8 Å². The number of fused-ring (bicyclic) bond motifs is 3. The van der Waals surface area contributed by atoms with Crippen LogP contribution in [0.4, 0.5) is 0 Å². The lowest BCUT2D eigenvalue weighted by molar-refractivity contribution is 0.0890. The summed E-state index contributed by atoms with van der Waals surface area (Å²) in [4.78, 5) is 11.7. The Kier molecular flexibility index (Phi) is 1.63. The second kappa shape index (κ2) is 2.61. The number of aromatic nitrogens is 1. The normalized spacial score (nSPS) is 22.1. The summed E-state index contributed by atoms with van der Waals surface area (Å²) >= 11 is 4.15. The van der Waals surface area contributed by atoms with Crippen LogP contribution in [0.25, 0.3) is 0 Å². The zero-order valence-corrected chi connectivity index (χ0v) is 9.84. The van der Waals surface area contributed by atoms with Gasteiger partial charge in [-0.15, -0.1) is 0 Å². The van der Waals surface area contributed by atoms with Crippen LogP contribution in [0.5, 0.6) is 0 Å². The minimum atomic E-state index is 0.0491. The summed E-state index contributed by atoms with van der Waals surface area (Å²) in [6.45, 7) is 6.20. The lowest BCUT2D eigenvalue weighted by Crippen LogP contribution is -2.14. The summed E-state index contributed by atoms with van der Waals surface area (Å²) < 4.78 is 3.78. The Balaban J connectivity index is 2.09. The summed E-state index contributed by atoms with van der Waals surface area (Å²) in [6.07, 6.45) is 1.07. The third kappa shape index (κ3) is 1.17. The zero-order chi connectivity index (χ0) is 10.8. The first-order valence-corrected chi connectivity index (χ1v) is 5.60. The van der Waals surface area contributed by atoms with E-state index >= 15 is 0 Å². The fourth-order valence-electron chi connectivity index (χ4n) is 2.67. The van der Waals surface area contributed by atoms with Crippen molar-refractivity contribution in [3.8, 4) is 0 Å². The van der Waals surface area contributed by atoms with Gasteiger partial charge in [0.05, 0.1) is 17.8 Å². The summed E-state index contributed by atoms with van der Waals surface area (Å²) in [7, 11) is 0. The van der Waals surface area contributed by atoms with Gasteiger partial charge in [-0.2, -0.15) is 0 Å². The molecule has 3 heterocycles. The van der Waals surface area contributed by atoms with Gasteiger partial charge < -0.3 is 4.57 Å². The van der Waals surface area contributed by atoms with E-state index in [1.54, 1.807) is 0 Å². The standard InChI is InChI=1S/C11H14N2OS/c1-11(2)4-7-3-8-9(12(7)6-11)5-13(15)10(8)14/h3,15H,4-6H2,1-2H3. The van der Waals surface area contributed by atoms with Crippen LogP contribution >= 0.6 is 12.8 Å². The molecule has 1 aromatic rings. The molecule has 0 atom stereocenters. The summed E-state index contributed by atoms with van der Waals surface area (Å²) in [5.41, 5.74) is 3.64. The first-order chi connectivity index (χ1) is 6.98. The monoisotopic (exact) mass is 222 g/mol. The predicted octanol–water partition coefficient (Wildman–Crippen LogP) is 1.87. The van der Waals surface area contributed by atoms with Crippen LogP contribution in [0.2, 0.25) is 0 Å². The number of carbonyl (C=O) groups is 1. The van der Waals surface area contributed by atoms with Gasteiger partial charge in [0.25, 0.3) is 5.91 Å². The summed E-state index contributed by atoms with van der Waals surface area (Å²) in [6, 6.07) is 2.04. The molecule has 2 aliphatic rings. The lowest BCUT2D eigenvalue weighted by Gasteiger charge is -2.15. The minimum absolute atomic E-state index is 0.0491. The van der Waals surface area contributed by atoms with Gasteiger partial charge in [0.1, 0.15) is 0 Å². The van der Waals surface area contributed by atoms with E-state index in [-0.39, 0.29) is 5.91 Å². The fourth-order valence-corrected chi connectivity index (χ4v) is 2.91. The molecule has 3 rings (SSSR count). The van der Waals surface area contributed by atoms with Crippen LogP contribution in [0, 0.1) is 5.41 Å². The third-order valence-electron chi connectivity index (χ3n) is 3.30. The molecule has 0 saturated carbocycles. The van der Waals surface area contributed by atoms with Crippen LogP contribution < -0.4 is 0 Å². The number of thiol groups is 1. The van der Waals surface area contributed by atoms with E-state index in [1.807, 2.05) is 6.07 Å². The number of hydrogen-bond donors (Lipinski definition) is 1. The molecular formula is C11H14N2OS. The van der Waals surface area contributed by atoms with Gasteiger partial charge in [-0.25, -0.2) is 0 Å². The second-order valence-electron chi connectivity index (χ2n) is 5.29. The van der Waals surface area contributed by atoms with E-state index in [0.29, 0.717) is 12.0 Å². The van der Waals surface area contributed by atoms with Crippen LogP contribution in [0.3, 0.4) is 0 Å². The Morgan fingerprint density at radius 3 is 2.93 bits per heavy atom. The van der Waals surface area contributed by atoms with E-state index in [2.05, 4.69) is 31.2 Å². The quantitative estimate of drug-likeness (QED) is 0.666. The van der Waals surface area contributed by atoms with Crippen molar-refractivity contribution in [2.75, 3.05) is 0 Å². The molecule has 0 fully saturated rings. The molecule has 4 heteroatoms. The van der Waals surface area contributed by atoms with Crippen molar-refractivity contribution in [1.29, 1.82) is 0 Å². The van der Waals surface area contributed by atoms with E-state index in [9.17, 15) is 4.79 Å². The predicted molar refractivity (Wildman–Crippen MR) is 60.8 cm³/mol. The van der Waals surface area contributed by atoms with Crippen molar-refractivity contribution in [1.82, 2.24) is 8.87 Å². The van der Waals surface area contributed by atoms with Crippen LogP contribution in [0.1, 0.15) is 35.6 Å². The van der Waals surface area contributed by atoms with Crippen molar-refractivity contribution in [2.24, 2.45) is 5.41 Å². The van der Waals surface area contributed by atoms with E-state index < -0.39 is 0 Å². The highest BCUT2D eigenvalue weighted by Gasteiger charge is 2.37. The molecule has 15 heavy (non-hydrogen) atoms. The first kappa shape index (κ1) is 9.33. The highest BCUT2D eigenvalue weighted by molar-refractivity contribution is 7.78. The maximum atomic E-state index is 11.7. The number of rotatable bonds is 0. The average molecular weight is 222 g/mol. The van der Waals surface area contributed by atoms with Crippen molar-refractivity contribution >= 4 is 18.7 Å². The Bertz CT molecular complexity index is 461.